The van der Waals surface area contributed by atoms with Crippen LogP contribution in [-0.4, -0.2) is 73.6 Å². The molecule has 3 rings (SSSR count). The van der Waals surface area contributed by atoms with Crippen LogP contribution in [0.1, 0.15) is 12.1 Å². The van der Waals surface area contributed by atoms with Crippen LogP contribution in [0.5, 0.6) is 5.75 Å². The van der Waals surface area contributed by atoms with E-state index < -0.39 is 0 Å². The van der Waals surface area contributed by atoms with Gasteiger partial charge in [0.25, 0.3) is 0 Å². The molecule has 0 aliphatic carbocycles. The van der Waals surface area contributed by atoms with Crippen LogP contribution in [0.4, 0.5) is 0 Å². The molecule has 2 heterocycles. The fraction of sp³-hybridized carbons (Fsp3) is 0.500. The van der Waals surface area contributed by atoms with E-state index in [1.165, 1.54) is 0 Å². The van der Waals surface area contributed by atoms with Crippen molar-refractivity contribution >= 4 is 16.8 Å². The lowest BCUT2D eigenvalue weighted by Crippen LogP contribution is -2.51. The van der Waals surface area contributed by atoms with Gasteiger partial charge in [-0.15, -0.1) is 0 Å². The minimum Gasteiger partial charge on any atom is -0.489 e. The Hall–Kier alpha value is -2.18. The quantitative estimate of drug-likeness (QED) is 0.798. The molecule has 140 valence electrons. The van der Waals surface area contributed by atoms with Crippen LogP contribution in [0, 0.1) is 6.92 Å². The number of nitrogens with one attached hydrogen (secondary N) is 1. The van der Waals surface area contributed by atoms with Gasteiger partial charge < -0.3 is 19.9 Å². The van der Waals surface area contributed by atoms with Gasteiger partial charge in [-0.05, 0) is 33.2 Å². The predicted molar refractivity (Wildman–Crippen MR) is 104 cm³/mol. The molecule has 1 N–H and O–H groups in total. The van der Waals surface area contributed by atoms with Crippen molar-refractivity contribution in [2.75, 3.05) is 46.9 Å². The molecule has 0 spiro atoms. The topological polar surface area (TPSA) is 57.7 Å². The molecule has 1 aromatic carbocycles. The van der Waals surface area contributed by atoms with E-state index in [9.17, 15) is 4.79 Å². The van der Waals surface area contributed by atoms with E-state index in [1.807, 2.05) is 37.3 Å². The van der Waals surface area contributed by atoms with E-state index in [0.717, 1.165) is 42.0 Å². The number of hydrogen-bond acceptors (Lipinski definition) is 5. The van der Waals surface area contributed by atoms with E-state index in [1.54, 1.807) is 0 Å². The molecule has 1 aliphatic rings. The van der Waals surface area contributed by atoms with Crippen LogP contribution in [0.3, 0.4) is 0 Å². The molecule has 6 nitrogen and oxygen atoms in total. The van der Waals surface area contributed by atoms with Gasteiger partial charge in [-0.1, -0.05) is 18.2 Å². The summed E-state index contributed by atoms with van der Waals surface area (Å²) in [5.41, 5.74) is 1.83. The molecule has 2 aromatic rings. The number of likely N-dealkylation sites (N-methyl/N-ethyl adjacent to an activating group) is 2. The number of nitrogens with zero attached hydrogens (tertiary/aromatic N) is 3. The van der Waals surface area contributed by atoms with Gasteiger partial charge in [-0.2, -0.15) is 0 Å². The highest BCUT2D eigenvalue weighted by Crippen LogP contribution is 2.23. The van der Waals surface area contributed by atoms with Gasteiger partial charge in [0, 0.05) is 43.2 Å². The summed E-state index contributed by atoms with van der Waals surface area (Å²) in [6, 6.07) is 10.2. The summed E-state index contributed by atoms with van der Waals surface area (Å²) < 4.78 is 5.86. The van der Waals surface area contributed by atoms with Gasteiger partial charge in [-0.25, -0.2) is 4.98 Å². The minimum absolute atomic E-state index is 0.0765. The van der Waals surface area contributed by atoms with Crippen LogP contribution >= 0.6 is 0 Å². The van der Waals surface area contributed by atoms with Gasteiger partial charge in [0.15, 0.2) is 0 Å². The summed E-state index contributed by atoms with van der Waals surface area (Å²) in [4.78, 5) is 21.3. The molecule has 1 amide bonds. The molecular weight excluding hydrogens is 328 g/mol. The maximum Gasteiger partial charge on any atom is 0.221 e. The van der Waals surface area contributed by atoms with Gasteiger partial charge in [0.1, 0.15) is 17.9 Å². The molecule has 1 aliphatic heterocycles. The number of benzene rings is 1. The average Bonchev–Trinajstić information content (AvgIpc) is 2.62. The zero-order valence-electron chi connectivity index (χ0n) is 15.9. The molecule has 1 aromatic heterocycles. The molecule has 1 saturated heterocycles. The van der Waals surface area contributed by atoms with Crippen LogP contribution < -0.4 is 10.1 Å². The van der Waals surface area contributed by atoms with Gasteiger partial charge >= 0.3 is 0 Å². The first-order chi connectivity index (χ1) is 12.5. The molecule has 1 atom stereocenters. The number of fused-ring (bicyclic) bond motifs is 1. The summed E-state index contributed by atoms with van der Waals surface area (Å²) in [6.07, 6.45) is 0.524. The Bertz CT molecular complexity index is 765. The Morgan fingerprint density at radius 3 is 2.96 bits per heavy atom. The van der Waals surface area contributed by atoms with Crippen molar-refractivity contribution in [1.82, 2.24) is 20.1 Å². The SMILES string of the molecule is Cc1ccc2cccc(OCCNC(=O)CC3CN(C)CCN3C)c2n1. The number of aryl methyl sites for hydroxylation is 1. The third kappa shape index (κ3) is 4.71. The number of pyridine rings is 1. The van der Waals surface area contributed by atoms with Gasteiger partial charge in [0.05, 0.1) is 6.54 Å². The zero-order valence-corrected chi connectivity index (χ0v) is 15.9. The van der Waals surface area contributed by atoms with Crippen molar-refractivity contribution in [3.63, 3.8) is 0 Å². The zero-order chi connectivity index (χ0) is 18.5. The fourth-order valence-electron chi connectivity index (χ4n) is 3.29. The lowest BCUT2D eigenvalue weighted by atomic mass is 10.1. The second-order valence-corrected chi connectivity index (χ2v) is 7.08. The molecule has 26 heavy (non-hydrogen) atoms. The first kappa shape index (κ1) is 18.6. The first-order valence-corrected chi connectivity index (χ1v) is 9.17. The molecule has 0 bridgehead atoms. The summed E-state index contributed by atoms with van der Waals surface area (Å²) in [6.45, 7) is 5.89. The Balaban J connectivity index is 1.47. The number of piperazine rings is 1. The molecular formula is C20H28N4O2. The maximum atomic E-state index is 12.2. The molecule has 1 unspecified atom stereocenters. The van der Waals surface area contributed by atoms with Crippen LogP contribution in [0.25, 0.3) is 10.9 Å². The molecule has 6 heteroatoms. The lowest BCUT2D eigenvalue weighted by molar-refractivity contribution is -0.122. The number of para-hydroxylation sites is 1. The number of aromatic nitrogens is 1. The van der Waals surface area contributed by atoms with Crippen LogP contribution in [0.2, 0.25) is 0 Å². The second kappa shape index (κ2) is 8.47. The predicted octanol–water partition coefficient (Wildman–Crippen LogP) is 1.67. The minimum atomic E-state index is 0.0765. The fourth-order valence-corrected chi connectivity index (χ4v) is 3.29. The van der Waals surface area contributed by atoms with Crippen molar-refractivity contribution in [2.24, 2.45) is 0 Å². The summed E-state index contributed by atoms with van der Waals surface area (Å²) in [5, 5.41) is 4.02. The Labute approximate surface area is 155 Å². The summed E-state index contributed by atoms with van der Waals surface area (Å²) >= 11 is 0. The highest BCUT2D eigenvalue weighted by molar-refractivity contribution is 5.84. The Kier molecular flexibility index (Phi) is 6.06. The van der Waals surface area contributed by atoms with E-state index >= 15 is 0 Å². The monoisotopic (exact) mass is 356 g/mol. The maximum absolute atomic E-state index is 12.2. The van der Waals surface area contributed by atoms with E-state index in [2.05, 4.69) is 34.2 Å². The lowest BCUT2D eigenvalue weighted by Gasteiger charge is -2.37. The Morgan fingerprint density at radius 1 is 1.27 bits per heavy atom. The number of amides is 1. The van der Waals surface area contributed by atoms with Crippen LogP contribution in [-0.2, 0) is 4.79 Å². The van der Waals surface area contributed by atoms with Gasteiger partial charge in [-0.3, -0.25) is 4.79 Å². The number of ether oxygens (including phenoxy) is 1. The van der Waals surface area contributed by atoms with Crippen molar-refractivity contribution in [2.45, 2.75) is 19.4 Å². The van der Waals surface area contributed by atoms with Gasteiger partial charge in [0.2, 0.25) is 5.91 Å². The normalized spacial score (nSPS) is 18.8. The van der Waals surface area contributed by atoms with Crippen molar-refractivity contribution < 1.29 is 9.53 Å². The second-order valence-electron chi connectivity index (χ2n) is 7.08. The van der Waals surface area contributed by atoms with E-state index in [4.69, 9.17) is 4.74 Å². The summed E-state index contributed by atoms with van der Waals surface area (Å²) in [5.74, 6) is 0.835. The third-order valence-corrected chi connectivity index (χ3v) is 4.91. The van der Waals surface area contributed by atoms with Crippen molar-refractivity contribution in [3.05, 3.63) is 36.0 Å². The van der Waals surface area contributed by atoms with Crippen molar-refractivity contribution in [3.8, 4) is 5.75 Å². The standard InChI is InChI=1S/C20H28N4O2/c1-15-7-8-16-5-4-6-18(20(16)22-15)26-12-9-21-19(25)13-17-14-23(2)10-11-24(17)3/h4-8,17H,9-14H2,1-3H3,(H,21,25). The first-order valence-electron chi connectivity index (χ1n) is 9.17. The van der Waals surface area contributed by atoms with Crippen molar-refractivity contribution in [1.29, 1.82) is 0 Å². The number of carbonyl (C=O) groups excluding carboxylic acids is 1. The smallest absolute Gasteiger partial charge is 0.221 e. The van der Waals surface area contributed by atoms with Crippen LogP contribution in [0.15, 0.2) is 30.3 Å². The average molecular weight is 356 g/mol. The number of hydrogen-bond donors (Lipinski definition) is 1. The molecule has 1 fully saturated rings. The molecule has 0 saturated carbocycles. The molecule has 0 radical (unpaired) electrons. The highest BCUT2D eigenvalue weighted by atomic mass is 16.5. The van der Waals surface area contributed by atoms with E-state index in [0.29, 0.717) is 19.6 Å². The largest absolute Gasteiger partial charge is 0.489 e. The third-order valence-electron chi connectivity index (χ3n) is 4.91. The number of carbonyl (C=O) groups is 1. The number of rotatable bonds is 6. The Morgan fingerprint density at radius 2 is 2.12 bits per heavy atom. The highest BCUT2D eigenvalue weighted by Gasteiger charge is 2.24. The van der Waals surface area contributed by atoms with E-state index in [-0.39, 0.29) is 11.9 Å². The summed E-state index contributed by atoms with van der Waals surface area (Å²) in [7, 11) is 4.19.